The van der Waals surface area contributed by atoms with Crippen molar-refractivity contribution in [3.05, 3.63) is 137 Å². The van der Waals surface area contributed by atoms with Gasteiger partial charge in [-0.1, -0.05) is 96.1 Å². The fourth-order valence-electron chi connectivity index (χ4n) is 11.4. The molecule has 6 aromatic carbocycles. The normalized spacial score (nSPS) is 19.2. The van der Waals surface area contributed by atoms with Gasteiger partial charge in [-0.25, -0.2) is 0 Å². The Bertz CT molecular complexity index is 2700. The highest BCUT2D eigenvalue weighted by molar-refractivity contribution is 6.11. The first kappa shape index (κ1) is 42.4. The molecule has 0 N–H and O–H groups in total. The van der Waals surface area contributed by atoms with E-state index in [9.17, 15) is 0 Å². The minimum Gasteiger partial charge on any atom is -0.497 e. The summed E-state index contributed by atoms with van der Waals surface area (Å²) in [5.41, 5.74) is 10.2. The molecule has 2 atom stereocenters. The largest absolute Gasteiger partial charge is 0.497 e. The summed E-state index contributed by atoms with van der Waals surface area (Å²) in [5, 5.41) is 2.08. The molecule has 7 nitrogen and oxygen atoms in total. The van der Waals surface area contributed by atoms with Gasteiger partial charge in [0, 0.05) is 63.5 Å². The summed E-state index contributed by atoms with van der Waals surface area (Å²) < 4.78 is 37.2. The first-order chi connectivity index (χ1) is 30.2. The molecule has 9 rings (SSSR count). The van der Waals surface area contributed by atoms with Gasteiger partial charge >= 0.3 is 0 Å². The van der Waals surface area contributed by atoms with Crippen LogP contribution >= 0.6 is 0 Å². The predicted molar refractivity (Wildman–Crippen MR) is 256 cm³/mol. The molecule has 6 aromatic rings. The third kappa shape index (κ3) is 7.38. The molecule has 63 heavy (non-hydrogen) atoms. The molecule has 0 bridgehead atoms. The second-order valence-electron chi connectivity index (χ2n) is 19.7. The molecule has 326 valence electrons. The van der Waals surface area contributed by atoms with Crippen LogP contribution in [0.3, 0.4) is 0 Å². The van der Waals surface area contributed by atoms with Crippen LogP contribution in [0.4, 0.5) is 5.69 Å². The van der Waals surface area contributed by atoms with Crippen molar-refractivity contribution >= 4 is 22.5 Å². The lowest BCUT2D eigenvalue weighted by Gasteiger charge is -2.42. The maximum absolute atomic E-state index is 7.85. The van der Waals surface area contributed by atoms with E-state index in [0.717, 1.165) is 101 Å². The molecule has 1 aliphatic carbocycles. The molecular formula is C56H61NO6. The van der Waals surface area contributed by atoms with Gasteiger partial charge in [0.15, 0.2) is 5.60 Å². The van der Waals surface area contributed by atoms with Crippen LogP contribution in [0, 0.1) is 10.8 Å². The standard InChI is InChI=1S/C56H61NO6/c1-53(2,3)34-54(4,5)35-55(6)47-14-12-11-13-42(47)50-45-32-44(41-24-23-40(59-8)31-48(41)60-9)49(61-10)33-46(45)52-43(51(50)55)25-26-56(63-52,37-17-21-39(58-7)22-18-37)36-15-19-38(20-16-36)57-27-29-62-30-28-57/h11-26,31-33H,27-30,34-35H2,1-10H3. The zero-order chi connectivity index (χ0) is 44.3. The van der Waals surface area contributed by atoms with Crippen molar-refractivity contribution in [3.8, 4) is 51.0 Å². The average molecular weight is 844 g/mol. The Kier molecular flexibility index (Phi) is 10.8. The smallest absolute Gasteiger partial charge is 0.178 e. The number of methoxy groups -OCH3 is 4. The third-order valence-corrected chi connectivity index (χ3v) is 13.4. The number of nitrogens with zero attached hydrogens (tertiary/aromatic N) is 1. The van der Waals surface area contributed by atoms with E-state index in [2.05, 4.69) is 137 Å². The molecule has 3 aliphatic rings. The highest BCUT2D eigenvalue weighted by Gasteiger charge is 2.48. The second kappa shape index (κ2) is 16.0. The molecule has 0 amide bonds. The summed E-state index contributed by atoms with van der Waals surface area (Å²) >= 11 is 0. The van der Waals surface area contributed by atoms with E-state index in [0.29, 0.717) is 5.75 Å². The molecule has 0 aromatic heterocycles. The van der Waals surface area contributed by atoms with Gasteiger partial charge in [-0.15, -0.1) is 0 Å². The number of fused-ring (bicyclic) bond motifs is 8. The molecule has 2 unspecified atom stereocenters. The van der Waals surface area contributed by atoms with Crippen molar-refractivity contribution < 1.29 is 28.4 Å². The van der Waals surface area contributed by atoms with Crippen LogP contribution < -0.4 is 28.6 Å². The number of hydrogen-bond donors (Lipinski definition) is 0. The summed E-state index contributed by atoms with van der Waals surface area (Å²) in [5.74, 6) is 3.77. The summed E-state index contributed by atoms with van der Waals surface area (Å²) in [6, 6.07) is 36.7. The van der Waals surface area contributed by atoms with E-state index in [4.69, 9.17) is 28.4 Å². The van der Waals surface area contributed by atoms with Crippen LogP contribution in [0.5, 0.6) is 28.7 Å². The molecule has 2 heterocycles. The van der Waals surface area contributed by atoms with Gasteiger partial charge < -0.3 is 33.3 Å². The number of rotatable bonds is 11. The highest BCUT2D eigenvalue weighted by atomic mass is 16.5. The van der Waals surface area contributed by atoms with Crippen molar-refractivity contribution in [2.45, 2.75) is 65.4 Å². The van der Waals surface area contributed by atoms with Crippen molar-refractivity contribution in [2.75, 3.05) is 59.6 Å². The zero-order valence-corrected chi connectivity index (χ0v) is 38.6. The lowest BCUT2D eigenvalue weighted by molar-refractivity contribution is 0.122. The zero-order valence-electron chi connectivity index (χ0n) is 38.6. The van der Waals surface area contributed by atoms with Crippen LogP contribution in [0.2, 0.25) is 0 Å². The van der Waals surface area contributed by atoms with Crippen molar-refractivity contribution in [1.29, 1.82) is 0 Å². The number of benzene rings is 6. The maximum Gasteiger partial charge on any atom is 0.178 e. The van der Waals surface area contributed by atoms with E-state index in [-0.39, 0.29) is 16.2 Å². The molecular weight excluding hydrogens is 783 g/mol. The first-order valence-corrected chi connectivity index (χ1v) is 22.2. The number of hydrogen-bond acceptors (Lipinski definition) is 7. The van der Waals surface area contributed by atoms with Crippen molar-refractivity contribution in [1.82, 2.24) is 0 Å². The van der Waals surface area contributed by atoms with Crippen LogP contribution in [0.25, 0.3) is 39.1 Å². The second-order valence-corrected chi connectivity index (χ2v) is 19.7. The van der Waals surface area contributed by atoms with Gasteiger partial charge in [0.2, 0.25) is 0 Å². The number of ether oxygens (including phenoxy) is 6. The monoisotopic (exact) mass is 843 g/mol. The topological polar surface area (TPSA) is 58.6 Å². The summed E-state index contributed by atoms with van der Waals surface area (Å²) in [4.78, 5) is 2.39. The highest BCUT2D eigenvalue weighted by Crippen LogP contribution is 2.62. The van der Waals surface area contributed by atoms with Crippen LogP contribution in [-0.2, 0) is 15.8 Å². The van der Waals surface area contributed by atoms with Gasteiger partial charge in [-0.2, -0.15) is 0 Å². The van der Waals surface area contributed by atoms with E-state index >= 15 is 0 Å². The SMILES string of the molecule is COc1ccc(C2(c3ccc(N4CCOCC4)cc3)C=Cc3c4c(c5cc(-c6ccc(OC)cc6OC)c(OC)cc5c3O2)-c2ccccc2C4(C)CC(C)(C)CC(C)(C)C)cc1. The Hall–Kier alpha value is -5.92. The predicted octanol–water partition coefficient (Wildman–Crippen LogP) is 12.9. The van der Waals surface area contributed by atoms with E-state index in [1.165, 1.54) is 27.9 Å². The Balaban J connectivity index is 1.34. The Labute approximate surface area is 373 Å². The van der Waals surface area contributed by atoms with E-state index < -0.39 is 5.60 Å². The summed E-state index contributed by atoms with van der Waals surface area (Å²) in [6.45, 7) is 17.6. The minimum absolute atomic E-state index is 0.0133. The van der Waals surface area contributed by atoms with Gasteiger partial charge in [-0.3, -0.25) is 0 Å². The molecule has 2 aliphatic heterocycles. The minimum atomic E-state index is -0.970. The third-order valence-electron chi connectivity index (χ3n) is 13.4. The summed E-state index contributed by atoms with van der Waals surface area (Å²) in [7, 11) is 6.82. The van der Waals surface area contributed by atoms with Crippen LogP contribution in [-0.4, -0.2) is 54.7 Å². The maximum atomic E-state index is 7.85. The molecule has 0 saturated carbocycles. The fourth-order valence-corrected chi connectivity index (χ4v) is 11.4. The van der Waals surface area contributed by atoms with Crippen LogP contribution in [0.1, 0.15) is 82.2 Å². The van der Waals surface area contributed by atoms with Crippen molar-refractivity contribution in [3.63, 3.8) is 0 Å². The van der Waals surface area contributed by atoms with Gasteiger partial charge in [0.05, 0.1) is 41.7 Å². The quantitative estimate of drug-likeness (QED) is 0.129. The van der Waals surface area contributed by atoms with E-state index in [1.807, 2.05) is 24.3 Å². The fraction of sp³-hybridized carbons (Fsp3) is 0.357. The molecule has 0 spiro atoms. The molecule has 7 heteroatoms. The number of morpholine rings is 1. The molecule has 0 radical (unpaired) electrons. The lowest BCUT2D eigenvalue weighted by atomic mass is 9.63. The van der Waals surface area contributed by atoms with Gasteiger partial charge in [-0.05, 0) is 106 Å². The van der Waals surface area contributed by atoms with Gasteiger partial charge in [0.25, 0.3) is 0 Å². The molecule has 1 fully saturated rings. The Morgan fingerprint density at radius 3 is 1.94 bits per heavy atom. The summed E-state index contributed by atoms with van der Waals surface area (Å²) in [6.07, 6.45) is 6.67. The average Bonchev–Trinajstić information content (AvgIpc) is 3.54. The Morgan fingerprint density at radius 1 is 0.651 bits per heavy atom. The first-order valence-electron chi connectivity index (χ1n) is 22.2. The van der Waals surface area contributed by atoms with Crippen LogP contribution in [0.15, 0.2) is 109 Å². The van der Waals surface area contributed by atoms with Gasteiger partial charge in [0.1, 0.15) is 28.7 Å². The number of anilines is 1. The Morgan fingerprint density at radius 2 is 1.29 bits per heavy atom. The van der Waals surface area contributed by atoms with Crippen molar-refractivity contribution in [2.24, 2.45) is 10.8 Å². The lowest BCUT2D eigenvalue weighted by Crippen LogP contribution is -2.37. The van der Waals surface area contributed by atoms with E-state index in [1.54, 1.807) is 28.4 Å². The molecule has 1 saturated heterocycles.